The first kappa shape index (κ1) is 22.6. The van der Waals surface area contributed by atoms with Crippen molar-refractivity contribution >= 4 is 21.6 Å². The number of aryl methyl sites for hydroxylation is 1. The molecule has 3 rings (SSSR count). The molecule has 1 aliphatic rings. The van der Waals surface area contributed by atoms with Gasteiger partial charge >= 0.3 is 15.5 Å². The molecular formula is C21H20F3N3O3S. The first-order valence-electron chi connectivity index (χ1n) is 9.51. The number of carbonyl (C=O) groups is 1. The number of alkyl halides is 3. The monoisotopic (exact) mass is 451 g/mol. The molecule has 0 unspecified atom stereocenters. The number of hydrogen-bond acceptors (Lipinski definition) is 4. The van der Waals surface area contributed by atoms with Gasteiger partial charge in [-0.25, -0.2) is 0 Å². The van der Waals surface area contributed by atoms with E-state index in [0.717, 1.165) is 11.6 Å². The lowest BCUT2D eigenvalue weighted by Crippen LogP contribution is -2.38. The van der Waals surface area contributed by atoms with E-state index in [4.69, 9.17) is 5.26 Å². The second-order valence-corrected chi connectivity index (χ2v) is 9.06. The Balaban J connectivity index is 1.70. The summed E-state index contributed by atoms with van der Waals surface area (Å²) in [5, 5.41) is 8.89. The number of carbonyl (C=O) groups excluding carboxylic acids is 1. The van der Waals surface area contributed by atoms with Crippen LogP contribution in [0.2, 0.25) is 0 Å². The van der Waals surface area contributed by atoms with E-state index in [9.17, 15) is 26.4 Å². The van der Waals surface area contributed by atoms with Gasteiger partial charge in [0.2, 0.25) is 0 Å². The zero-order valence-electron chi connectivity index (χ0n) is 16.6. The van der Waals surface area contributed by atoms with Crippen molar-refractivity contribution in [3.63, 3.8) is 0 Å². The van der Waals surface area contributed by atoms with Crippen LogP contribution in [0.25, 0.3) is 0 Å². The number of amides is 1. The lowest BCUT2D eigenvalue weighted by Gasteiger charge is -2.32. The highest BCUT2D eigenvalue weighted by molar-refractivity contribution is 7.93. The molecule has 0 aromatic heterocycles. The highest BCUT2D eigenvalue weighted by atomic mass is 32.2. The maximum atomic E-state index is 12.8. The zero-order chi connectivity index (χ0) is 22.8. The normalized spacial score (nSPS) is 15.4. The highest BCUT2D eigenvalue weighted by Gasteiger charge is 2.46. The van der Waals surface area contributed by atoms with E-state index < -0.39 is 15.5 Å². The molecule has 0 saturated carbocycles. The number of halogens is 3. The summed E-state index contributed by atoms with van der Waals surface area (Å²) in [5.74, 6) is -0.130. The summed E-state index contributed by atoms with van der Waals surface area (Å²) in [6, 6.07) is 13.4. The second-order valence-electron chi connectivity index (χ2n) is 7.38. The van der Waals surface area contributed by atoms with Gasteiger partial charge in [-0.2, -0.15) is 26.9 Å². The molecule has 10 heteroatoms. The summed E-state index contributed by atoms with van der Waals surface area (Å²) in [4.78, 5) is 14.4. The number of nitriles is 1. The summed E-state index contributed by atoms with van der Waals surface area (Å²) in [5.41, 5.74) is -3.69. The van der Waals surface area contributed by atoms with Gasteiger partial charge in [0.15, 0.2) is 0 Å². The Morgan fingerprint density at radius 3 is 2.29 bits per heavy atom. The van der Waals surface area contributed by atoms with Gasteiger partial charge in [-0.1, -0.05) is 18.2 Å². The standard InChI is InChI=1S/C21H20F3N3O3S/c1-14-2-5-18(12-19(14)26-31(29,30)21(22,23)24)20(28)27-10-8-17(9-11-27)16-6-3-15(13-25)4-7-16/h2-7,12,17,26H,8-11H2,1H3. The van der Waals surface area contributed by atoms with E-state index in [2.05, 4.69) is 6.07 Å². The van der Waals surface area contributed by atoms with Crippen LogP contribution in [0.4, 0.5) is 18.9 Å². The number of piperidine rings is 1. The van der Waals surface area contributed by atoms with Crippen LogP contribution < -0.4 is 4.72 Å². The van der Waals surface area contributed by atoms with E-state index in [1.807, 2.05) is 12.1 Å². The van der Waals surface area contributed by atoms with Crippen molar-refractivity contribution in [1.82, 2.24) is 4.90 Å². The van der Waals surface area contributed by atoms with Crippen LogP contribution in [0.5, 0.6) is 0 Å². The topological polar surface area (TPSA) is 90.3 Å². The number of sulfonamides is 1. The summed E-state index contributed by atoms with van der Waals surface area (Å²) in [7, 11) is -5.58. The first-order valence-corrected chi connectivity index (χ1v) is 11.0. The SMILES string of the molecule is Cc1ccc(C(=O)N2CCC(c3ccc(C#N)cc3)CC2)cc1NS(=O)(=O)C(F)(F)F. The van der Waals surface area contributed by atoms with Gasteiger partial charge < -0.3 is 4.90 Å². The molecule has 31 heavy (non-hydrogen) atoms. The molecule has 0 radical (unpaired) electrons. The van der Waals surface area contributed by atoms with Crippen LogP contribution >= 0.6 is 0 Å². The molecule has 0 aliphatic carbocycles. The van der Waals surface area contributed by atoms with Crippen LogP contribution in [-0.2, 0) is 10.0 Å². The molecule has 1 amide bonds. The molecule has 1 N–H and O–H groups in total. The van der Waals surface area contributed by atoms with Crippen molar-refractivity contribution < 1.29 is 26.4 Å². The van der Waals surface area contributed by atoms with Crippen LogP contribution in [0.1, 0.15) is 45.8 Å². The van der Waals surface area contributed by atoms with Crippen molar-refractivity contribution in [3.8, 4) is 6.07 Å². The van der Waals surface area contributed by atoms with E-state index in [1.54, 1.807) is 17.0 Å². The van der Waals surface area contributed by atoms with Crippen molar-refractivity contribution in [1.29, 1.82) is 5.26 Å². The summed E-state index contributed by atoms with van der Waals surface area (Å²) in [6.07, 6.45) is 1.41. The molecule has 2 aromatic carbocycles. The molecule has 0 bridgehead atoms. The summed E-state index contributed by atoms with van der Waals surface area (Å²) < 4.78 is 62.4. The number of hydrogen-bond donors (Lipinski definition) is 1. The number of anilines is 1. The van der Waals surface area contributed by atoms with Gasteiger partial charge in [0.25, 0.3) is 5.91 Å². The van der Waals surface area contributed by atoms with Gasteiger partial charge in [-0.05, 0) is 61.1 Å². The molecule has 0 atom stereocenters. The third-order valence-corrected chi connectivity index (χ3v) is 6.42. The highest BCUT2D eigenvalue weighted by Crippen LogP contribution is 2.30. The maximum Gasteiger partial charge on any atom is 0.516 e. The predicted octanol–water partition coefficient (Wildman–Crippen LogP) is 4.15. The molecule has 2 aromatic rings. The Hall–Kier alpha value is -3.06. The van der Waals surface area contributed by atoms with Crippen LogP contribution in [0.15, 0.2) is 42.5 Å². The number of likely N-dealkylation sites (tertiary alicyclic amines) is 1. The van der Waals surface area contributed by atoms with Gasteiger partial charge in [0.1, 0.15) is 0 Å². The summed E-state index contributed by atoms with van der Waals surface area (Å²) in [6.45, 7) is 2.37. The fourth-order valence-corrected chi connectivity index (χ4v) is 4.12. The van der Waals surface area contributed by atoms with Crippen LogP contribution in [0.3, 0.4) is 0 Å². The Labute approximate surface area is 178 Å². The molecule has 1 aliphatic heterocycles. The van der Waals surface area contributed by atoms with Gasteiger partial charge in [0, 0.05) is 18.7 Å². The second kappa shape index (κ2) is 8.59. The lowest BCUT2D eigenvalue weighted by atomic mass is 9.89. The van der Waals surface area contributed by atoms with E-state index in [0.29, 0.717) is 31.5 Å². The Kier molecular flexibility index (Phi) is 6.27. The average Bonchev–Trinajstić information content (AvgIpc) is 2.74. The van der Waals surface area contributed by atoms with Crippen molar-refractivity contribution in [2.45, 2.75) is 31.2 Å². The fraction of sp³-hybridized carbons (Fsp3) is 0.333. The number of benzene rings is 2. The van der Waals surface area contributed by atoms with Gasteiger partial charge in [-0.15, -0.1) is 0 Å². The largest absolute Gasteiger partial charge is 0.516 e. The van der Waals surface area contributed by atoms with Crippen molar-refractivity contribution in [2.75, 3.05) is 17.8 Å². The quantitative estimate of drug-likeness (QED) is 0.756. The number of nitrogens with zero attached hydrogens (tertiary/aromatic N) is 2. The minimum Gasteiger partial charge on any atom is -0.339 e. The summed E-state index contributed by atoms with van der Waals surface area (Å²) >= 11 is 0. The lowest BCUT2D eigenvalue weighted by molar-refractivity contribution is -0.0429. The molecule has 164 valence electrons. The molecular weight excluding hydrogens is 431 g/mol. The van der Waals surface area contributed by atoms with Gasteiger partial charge in [-0.3, -0.25) is 9.52 Å². The number of rotatable bonds is 4. The van der Waals surface area contributed by atoms with E-state index >= 15 is 0 Å². The van der Waals surface area contributed by atoms with E-state index in [1.165, 1.54) is 23.8 Å². The molecule has 1 heterocycles. The van der Waals surface area contributed by atoms with Gasteiger partial charge in [0.05, 0.1) is 17.3 Å². The Bertz CT molecular complexity index is 1120. The van der Waals surface area contributed by atoms with Crippen LogP contribution in [0, 0.1) is 18.3 Å². The van der Waals surface area contributed by atoms with E-state index in [-0.39, 0.29) is 28.6 Å². The third kappa shape index (κ3) is 4.99. The Morgan fingerprint density at radius 2 is 1.74 bits per heavy atom. The molecule has 1 saturated heterocycles. The minimum atomic E-state index is -5.58. The van der Waals surface area contributed by atoms with Crippen molar-refractivity contribution in [2.24, 2.45) is 0 Å². The predicted molar refractivity (Wildman–Crippen MR) is 109 cm³/mol. The number of nitrogens with one attached hydrogen (secondary N) is 1. The third-order valence-electron chi connectivity index (χ3n) is 5.33. The first-order chi connectivity index (χ1) is 14.5. The maximum absolute atomic E-state index is 12.8. The average molecular weight is 451 g/mol. The molecule has 0 spiro atoms. The molecule has 1 fully saturated rings. The minimum absolute atomic E-state index is 0.113. The van der Waals surface area contributed by atoms with Crippen LogP contribution in [-0.4, -0.2) is 37.8 Å². The fourth-order valence-electron chi connectivity index (χ4n) is 3.50. The molecule has 6 nitrogen and oxygen atoms in total. The van der Waals surface area contributed by atoms with Crippen molar-refractivity contribution in [3.05, 3.63) is 64.7 Å². The zero-order valence-corrected chi connectivity index (χ0v) is 17.4. The smallest absolute Gasteiger partial charge is 0.339 e. The Morgan fingerprint density at radius 1 is 1.13 bits per heavy atom.